The normalized spacial score (nSPS) is 38.8. The monoisotopic (exact) mass is 265 g/mol. The van der Waals surface area contributed by atoms with E-state index in [1.54, 1.807) is 0 Å². The SMILES string of the molecule is CC(=O)NC1(C(=O)O)CC2(CC(C(F)(F)F)C2)C1. The van der Waals surface area contributed by atoms with Crippen LogP contribution >= 0.6 is 0 Å². The Kier molecular flexibility index (Phi) is 2.64. The Morgan fingerprint density at radius 1 is 1.28 bits per heavy atom. The molecule has 2 fully saturated rings. The van der Waals surface area contributed by atoms with Crippen LogP contribution in [0.25, 0.3) is 0 Å². The van der Waals surface area contributed by atoms with Crippen LogP contribution in [0.1, 0.15) is 32.6 Å². The van der Waals surface area contributed by atoms with Gasteiger partial charge in [-0.2, -0.15) is 13.2 Å². The Labute approximate surface area is 102 Å². The molecule has 0 radical (unpaired) electrons. The molecular weight excluding hydrogens is 251 g/mol. The van der Waals surface area contributed by atoms with Crippen LogP contribution in [0.2, 0.25) is 0 Å². The summed E-state index contributed by atoms with van der Waals surface area (Å²) in [6, 6.07) is 0. The lowest BCUT2D eigenvalue weighted by Gasteiger charge is -2.61. The van der Waals surface area contributed by atoms with Crippen molar-refractivity contribution in [1.82, 2.24) is 5.32 Å². The van der Waals surface area contributed by atoms with E-state index in [2.05, 4.69) is 5.32 Å². The molecule has 1 amide bonds. The quantitative estimate of drug-likeness (QED) is 0.798. The molecule has 7 heteroatoms. The fraction of sp³-hybridized carbons (Fsp3) is 0.818. The van der Waals surface area contributed by atoms with Gasteiger partial charge in [0.2, 0.25) is 5.91 Å². The van der Waals surface area contributed by atoms with Gasteiger partial charge in [0.1, 0.15) is 5.54 Å². The summed E-state index contributed by atoms with van der Waals surface area (Å²) in [7, 11) is 0. The summed E-state index contributed by atoms with van der Waals surface area (Å²) >= 11 is 0. The number of carboxylic acids is 1. The minimum Gasteiger partial charge on any atom is -0.480 e. The molecule has 2 rings (SSSR count). The largest absolute Gasteiger partial charge is 0.480 e. The molecule has 0 aromatic heterocycles. The standard InChI is InChI=1S/C11H14F3NO3/c1-6(16)15-10(8(17)18)4-9(5-10)2-7(3-9)11(12,13)14/h7H,2-5H2,1H3,(H,15,16)(H,17,18). The number of rotatable bonds is 2. The van der Waals surface area contributed by atoms with Crippen molar-refractivity contribution >= 4 is 11.9 Å². The van der Waals surface area contributed by atoms with E-state index >= 15 is 0 Å². The lowest BCUT2D eigenvalue weighted by atomic mass is 9.45. The first kappa shape index (κ1) is 13.2. The van der Waals surface area contributed by atoms with Crippen molar-refractivity contribution in [3.8, 4) is 0 Å². The number of alkyl halides is 3. The number of hydrogen-bond donors (Lipinski definition) is 2. The Morgan fingerprint density at radius 3 is 2.11 bits per heavy atom. The second-order valence-corrected chi connectivity index (χ2v) is 5.57. The second-order valence-electron chi connectivity index (χ2n) is 5.57. The maximum atomic E-state index is 12.4. The van der Waals surface area contributed by atoms with Crippen molar-refractivity contribution in [2.45, 2.75) is 44.3 Å². The van der Waals surface area contributed by atoms with Gasteiger partial charge in [-0.05, 0) is 31.1 Å². The van der Waals surface area contributed by atoms with Crippen LogP contribution in [0.15, 0.2) is 0 Å². The molecule has 2 N–H and O–H groups in total. The van der Waals surface area contributed by atoms with Crippen LogP contribution in [-0.4, -0.2) is 28.7 Å². The van der Waals surface area contributed by atoms with Crippen molar-refractivity contribution in [3.05, 3.63) is 0 Å². The smallest absolute Gasteiger partial charge is 0.391 e. The lowest BCUT2D eigenvalue weighted by molar-refractivity contribution is -0.245. The highest BCUT2D eigenvalue weighted by atomic mass is 19.4. The third kappa shape index (κ3) is 1.95. The first-order chi connectivity index (χ1) is 8.09. The third-order valence-electron chi connectivity index (χ3n) is 4.00. The summed E-state index contributed by atoms with van der Waals surface area (Å²) in [6.45, 7) is 1.20. The highest BCUT2D eigenvalue weighted by Crippen LogP contribution is 2.65. The minimum absolute atomic E-state index is 0.0227. The van der Waals surface area contributed by atoms with E-state index in [1.165, 1.54) is 6.92 Å². The topological polar surface area (TPSA) is 66.4 Å². The highest BCUT2D eigenvalue weighted by Gasteiger charge is 2.67. The molecule has 2 aliphatic rings. The zero-order valence-corrected chi connectivity index (χ0v) is 9.80. The van der Waals surface area contributed by atoms with Crippen LogP contribution in [0, 0.1) is 11.3 Å². The Bertz CT molecular complexity index is 391. The first-order valence-corrected chi connectivity index (χ1v) is 5.68. The number of nitrogens with one attached hydrogen (secondary N) is 1. The predicted molar refractivity (Wildman–Crippen MR) is 54.6 cm³/mol. The number of aliphatic carboxylic acids is 1. The first-order valence-electron chi connectivity index (χ1n) is 5.68. The number of carbonyl (C=O) groups excluding carboxylic acids is 1. The summed E-state index contributed by atoms with van der Waals surface area (Å²) in [5.74, 6) is -2.96. The van der Waals surface area contributed by atoms with E-state index in [-0.39, 0.29) is 25.7 Å². The van der Waals surface area contributed by atoms with Crippen molar-refractivity contribution < 1.29 is 27.9 Å². The van der Waals surface area contributed by atoms with E-state index in [1.807, 2.05) is 0 Å². The summed E-state index contributed by atoms with van der Waals surface area (Å²) in [6.07, 6.45) is -4.04. The van der Waals surface area contributed by atoms with E-state index in [0.717, 1.165) is 0 Å². The molecule has 102 valence electrons. The predicted octanol–water partition coefficient (Wildman–Crippen LogP) is 1.70. The molecule has 0 atom stereocenters. The average molecular weight is 265 g/mol. The summed E-state index contributed by atoms with van der Waals surface area (Å²) in [4.78, 5) is 22.1. The molecule has 1 spiro atoms. The van der Waals surface area contributed by atoms with Gasteiger partial charge in [0.05, 0.1) is 5.92 Å². The Morgan fingerprint density at radius 2 is 1.78 bits per heavy atom. The molecule has 2 saturated carbocycles. The fourth-order valence-corrected chi connectivity index (χ4v) is 3.36. The van der Waals surface area contributed by atoms with Crippen molar-refractivity contribution in [1.29, 1.82) is 0 Å². The molecular formula is C11H14F3NO3. The van der Waals surface area contributed by atoms with Gasteiger partial charge in [0.25, 0.3) is 0 Å². The van der Waals surface area contributed by atoms with Crippen LogP contribution in [0.3, 0.4) is 0 Å². The number of carbonyl (C=O) groups is 2. The van der Waals surface area contributed by atoms with Gasteiger partial charge in [0.15, 0.2) is 0 Å². The van der Waals surface area contributed by atoms with Crippen LogP contribution in [0.4, 0.5) is 13.2 Å². The number of amides is 1. The maximum Gasteiger partial charge on any atom is 0.391 e. The van der Waals surface area contributed by atoms with E-state index < -0.39 is 34.9 Å². The highest BCUT2D eigenvalue weighted by molar-refractivity contribution is 5.87. The number of hydrogen-bond acceptors (Lipinski definition) is 2. The van der Waals surface area contributed by atoms with Crippen molar-refractivity contribution in [2.75, 3.05) is 0 Å². The molecule has 0 heterocycles. The summed E-state index contributed by atoms with van der Waals surface area (Å²) < 4.78 is 37.1. The molecule has 0 aromatic carbocycles. The van der Waals surface area contributed by atoms with Crippen LogP contribution in [-0.2, 0) is 9.59 Å². The average Bonchev–Trinajstić information content (AvgIpc) is 2.02. The van der Waals surface area contributed by atoms with Crippen molar-refractivity contribution in [2.24, 2.45) is 11.3 Å². The van der Waals surface area contributed by atoms with Gasteiger partial charge in [-0.25, -0.2) is 4.79 Å². The van der Waals surface area contributed by atoms with Gasteiger partial charge in [0, 0.05) is 6.92 Å². The molecule has 18 heavy (non-hydrogen) atoms. The third-order valence-corrected chi connectivity index (χ3v) is 4.00. The summed E-state index contributed by atoms with van der Waals surface area (Å²) in [5.41, 5.74) is -1.90. The number of halogens is 3. The van der Waals surface area contributed by atoms with E-state index in [4.69, 9.17) is 5.11 Å². The zero-order valence-electron chi connectivity index (χ0n) is 9.80. The van der Waals surface area contributed by atoms with Crippen molar-refractivity contribution in [3.63, 3.8) is 0 Å². The van der Waals surface area contributed by atoms with Gasteiger partial charge < -0.3 is 10.4 Å². The van der Waals surface area contributed by atoms with Gasteiger partial charge in [-0.15, -0.1) is 0 Å². The molecule has 0 aromatic rings. The maximum absolute atomic E-state index is 12.4. The van der Waals surface area contributed by atoms with Crippen LogP contribution in [0.5, 0.6) is 0 Å². The Balaban J connectivity index is 1.97. The molecule has 0 aliphatic heterocycles. The van der Waals surface area contributed by atoms with Gasteiger partial charge in [-0.1, -0.05) is 0 Å². The van der Waals surface area contributed by atoms with E-state index in [9.17, 15) is 22.8 Å². The molecule has 4 nitrogen and oxygen atoms in total. The second kappa shape index (κ2) is 3.61. The number of carboxylic acid groups (broad SMARTS) is 1. The molecule has 0 unspecified atom stereocenters. The lowest BCUT2D eigenvalue weighted by Crippen LogP contribution is -2.69. The van der Waals surface area contributed by atoms with Gasteiger partial charge in [-0.3, -0.25) is 4.79 Å². The molecule has 0 bridgehead atoms. The van der Waals surface area contributed by atoms with E-state index in [0.29, 0.717) is 0 Å². The fourth-order valence-electron chi connectivity index (χ4n) is 3.36. The molecule has 0 saturated heterocycles. The Hall–Kier alpha value is -1.27. The van der Waals surface area contributed by atoms with Gasteiger partial charge >= 0.3 is 12.1 Å². The summed E-state index contributed by atoms with van der Waals surface area (Å²) in [5, 5.41) is 11.4. The minimum atomic E-state index is -4.19. The zero-order chi connectivity index (χ0) is 13.8. The molecule has 2 aliphatic carbocycles. The van der Waals surface area contributed by atoms with Crippen LogP contribution < -0.4 is 5.32 Å².